The van der Waals surface area contributed by atoms with Crippen molar-refractivity contribution in [2.75, 3.05) is 25.4 Å². The lowest BCUT2D eigenvalue weighted by atomic mass is 10.0. The third kappa shape index (κ3) is 4.75. The Hall–Kier alpha value is -4.77. The van der Waals surface area contributed by atoms with E-state index in [1.807, 2.05) is 48.4 Å². The van der Waals surface area contributed by atoms with E-state index in [1.54, 1.807) is 17.1 Å². The minimum absolute atomic E-state index is 0.208. The molecule has 1 aliphatic carbocycles. The molecule has 2 aliphatic rings. The van der Waals surface area contributed by atoms with Gasteiger partial charge in [-0.25, -0.2) is 24.4 Å². The highest BCUT2D eigenvalue weighted by atomic mass is 16.6. The van der Waals surface area contributed by atoms with Gasteiger partial charge in [-0.2, -0.15) is 5.10 Å². The van der Waals surface area contributed by atoms with Gasteiger partial charge in [-0.3, -0.25) is 4.57 Å². The summed E-state index contributed by atoms with van der Waals surface area (Å²) in [4.78, 5) is 28.2. The molecule has 1 saturated heterocycles. The highest BCUT2D eigenvalue weighted by molar-refractivity contribution is 5.83. The number of aryl methyl sites for hydroxylation is 1. The number of nitrogens with two attached hydrogens (primary N) is 1. The number of hydrogen-bond acceptors (Lipinski definition) is 8. The fourth-order valence-corrected chi connectivity index (χ4v) is 6.16. The Bertz CT molecular complexity index is 1740. The smallest absolute Gasteiger partial charge is 0.409 e. The number of piperidine rings is 1. The van der Waals surface area contributed by atoms with Gasteiger partial charge < -0.3 is 20.7 Å². The summed E-state index contributed by atoms with van der Waals surface area (Å²) < 4.78 is 8.99. The van der Waals surface area contributed by atoms with Crippen molar-refractivity contribution < 1.29 is 9.53 Å². The summed E-state index contributed by atoms with van der Waals surface area (Å²) in [5, 5.41) is 8.23. The predicted octanol–water partition coefficient (Wildman–Crippen LogP) is 4.45. The van der Waals surface area contributed by atoms with Gasteiger partial charge >= 0.3 is 6.09 Å². The number of ether oxygens (including phenoxy) is 1. The number of carbonyl (C=O) groups is 1. The maximum absolute atomic E-state index is 12.1. The number of amides is 1. The summed E-state index contributed by atoms with van der Waals surface area (Å²) in [7, 11) is 0. The molecule has 3 N–H and O–H groups in total. The second kappa shape index (κ2) is 10.9. The molecule has 11 nitrogen and oxygen atoms in total. The Kier molecular flexibility index (Phi) is 6.79. The Labute approximate surface area is 243 Å². The number of nitrogens with zero attached hydrogens (tertiary/aromatic N) is 7. The molecule has 0 spiro atoms. The van der Waals surface area contributed by atoms with Crippen LogP contribution < -0.4 is 11.1 Å². The first-order chi connectivity index (χ1) is 20.6. The first-order valence-electron chi connectivity index (χ1n) is 14.5. The maximum Gasteiger partial charge on any atom is 0.409 e. The number of carbonyl (C=O) groups excluding carboxylic acids is 1. The van der Waals surface area contributed by atoms with Crippen LogP contribution in [0.4, 0.5) is 10.6 Å². The molecular formula is C31H33N9O2. The molecule has 0 bridgehead atoms. The predicted molar refractivity (Wildman–Crippen MR) is 159 cm³/mol. The molecule has 4 aromatic heterocycles. The lowest BCUT2D eigenvalue weighted by Gasteiger charge is -2.33. The topological polar surface area (TPSA) is 129 Å². The van der Waals surface area contributed by atoms with Gasteiger partial charge in [0.25, 0.3) is 0 Å². The molecule has 7 rings (SSSR count). The van der Waals surface area contributed by atoms with E-state index >= 15 is 0 Å². The molecular weight excluding hydrogens is 530 g/mol. The van der Waals surface area contributed by atoms with Gasteiger partial charge in [0.1, 0.15) is 11.3 Å². The highest BCUT2D eigenvalue weighted by Gasteiger charge is 2.29. The first-order valence-corrected chi connectivity index (χ1v) is 14.5. The Morgan fingerprint density at radius 1 is 1.07 bits per heavy atom. The van der Waals surface area contributed by atoms with Gasteiger partial charge in [-0.15, -0.1) is 0 Å². The van der Waals surface area contributed by atoms with Crippen molar-refractivity contribution in [2.24, 2.45) is 0 Å². The minimum Gasteiger partial charge on any atom is -0.450 e. The first kappa shape index (κ1) is 26.1. The number of hydrogen-bond donors (Lipinski definition) is 2. The molecule has 0 radical (unpaired) electrons. The van der Waals surface area contributed by atoms with Gasteiger partial charge in [-0.05, 0) is 86.2 Å². The fourth-order valence-electron chi connectivity index (χ4n) is 6.16. The van der Waals surface area contributed by atoms with Crippen molar-refractivity contribution in [3.05, 3.63) is 78.2 Å². The van der Waals surface area contributed by atoms with Crippen molar-refractivity contribution in [2.45, 2.75) is 44.7 Å². The van der Waals surface area contributed by atoms with E-state index in [0.717, 1.165) is 61.2 Å². The fraction of sp³-hybridized carbons (Fsp3) is 0.323. The van der Waals surface area contributed by atoms with Crippen LogP contribution in [0.25, 0.3) is 34.1 Å². The number of fused-ring (bicyclic) bond motifs is 2. The largest absolute Gasteiger partial charge is 0.450 e. The van der Waals surface area contributed by atoms with Crippen molar-refractivity contribution >= 4 is 23.1 Å². The zero-order chi connectivity index (χ0) is 28.6. The number of benzene rings is 1. The van der Waals surface area contributed by atoms with Gasteiger partial charge in [0.15, 0.2) is 17.3 Å². The molecule has 1 unspecified atom stereocenters. The number of aromatic nitrogens is 6. The van der Waals surface area contributed by atoms with E-state index < -0.39 is 0 Å². The molecule has 1 aromatic carbocycles. The molecule has 42 heavy (non-hydrogen) atoms. The quantitative estimate of drug-likeness (QED) is 0.310. The van der Waals surface area contributed by atoms with Crippen LogP contribution in [0.2, 0.25) is 0 Å². The van der Waals surface area contributed by atoms with Crippen LogP contribution in [0.1, 0.15) is 43.4 Å². The minimum atomic E-state index is -0.208. The molecule has 1 atom stereocenters. The monoisotopic (exact) mass is 563 g/mol. The van der Waals surface area contributed by atoms with E-state index in [9.17, 15) is 4.79 Å². The SMILES string of the molecule is CCOC(=O)N1CCC(NC2CCc3cc(-n4c(-c5cccnc5N)nc5ccc(-n6cccn6)nc54)ccc32)CC1. The number of nitrogens with one attached hydrogen (secondary N) is 1. The number of pyridine rings is 2. The average molecular weight is 564 g/mol. The van der Waals surface area contributed by atoms with E-state index in [2.05, 4.69) is 38.2 Å². The van der Waals surface area contributed by atoms with Crippen LogP contribution in [0.15, 0.2) is 67.1 Å². The summed E-state index contributed by atoms with van der Waals surface area (Å²) in [5.74, 6) is 1.82. The molecule has 11 heteroatoms. The second-order valence-electron chi connectivity index (χ2n) is 10.8. The zero-order valence-corrected chi connectivity index (χ0v) is 23.5. The highest BCUT2D eigenvalue weighted by Crippen LogP contribution is 2.36. The lowest BCUT2D eigenvalue weighted by Crippen LogP contribution is -2.45. The second-order valence-corrected chi connectivity index (χ2v) is 10.8. The third-order valence-corrected chi connectivity index (χ3v) is 8.23. The van der Waals surface area contributed by atoms with E-state index in [1.165, 1.54) is 11.1 Å². The van der Waals surface area contributed by atoms with Gasteiger partial charge in [0, 0.05) is 49.5 Å². The number of rotatable bonds is 6. The van der Waals surface area contributed by atoms with Crippen molar-refractivity contribution in [1.29, 1.82) is 0 Å². The van der Waals surface area contributed by atoms with Crippen LogP contribution >= 0.6 is 0 Å². The van der Waals surface area contributed by atoms with Crippen LogP contribution in [0.5, 0.6) is 0 Å². The van der Waals surface area contributed by atoms with E-state index in [-0.39, 0.29) is 12.1 Å². The molecule has 1 amide bonds. The number of likely N-dealkylation sites (tertiary alicyclic amines) is 1. The lowest BCUT2D eigenvalue weighted by molar-refractivity contribution is 0.0942. The van der Waals surface area contributed by atoms with Gasteiger partial charge in [0.05, 0.1) is 12.2 Å². The third-order valence-electron chi connectivity index (χ3n) is 8.23. The zero-order valence-electron chi connectivity index (χ0n) is 23.5. The number of imidazole rings is 1. The summed E-state index contributed by atoms with van der Waals surface area (Å²) in [6, 6.07) is 16.8. The van der Waals surface area contributed by atoms with E-state index in [0.29, 0.717) is 30.1 Å². The summed E-state index contributed by atoms with van der Waals surface area (Å²) in [5.41, 5.74) is 12.2. The van der Waals surface area contributed by atoms with Crippen molar-refractivity contribution in [3.8, 4) is 22.9 Å². The van der Waals surface area contributed by atoms with Gasteiger partial charge in [-0.1, -0.05) is 6.07 Å². The molecule has 1 aliphatic heterocycles. The maximum atomic E-state index is 12.1. The van der Waals surface area contributed by atoms with E-state index in [4.69, 9.17) is 20.4 Å². The normalized spacial score (nSPS) is 17.1. The van der Waals surface area contributed by atoms with Crippen LogP contribution in [-0.4, -0.2) is 66.0 Å². The number of nitrogen functional groups attached to an aromatic ring is 1. The van der Waals surface area contributed by atoms with Crippen molar-refractivity contribution in [1.82, 2.24) is 39.5 Å². The number of anilines is 1. The van der Waals surface area contributed by atoms with Gasteiger partial charge in [0.2, 0.25) is 0 Å². The summed E-state index contributed by atoms with van der Waals surface area (Å²) in [6.45, 7) is 3.69. The molecule has 0 saturated carbocycles. The molecule has 1 fully saturated rings. The molecule has 5 aromatic rings. The van der Waals surface area contributed by atoms with Crippen LogP contribution in [0, 0.1) is 0 Å². The van der Waals surface area contributed by atoms with Crippen LogP contribution in [-0.2, 0) is 11.2 Å². The molecule has 214 valence electrons. The summed E-state index contributed by atoms with van der Waals surface area (Å²) in [6.07, 6.45) is 8.94. The Balaban J connectivity index is 1.21. The summed E-state index contributed by atoms with van der Waals surface area (Å²) >= 11 is 0. The average Bonchev–Trinajstić information content (AvgIpc) is 3.77. The van der Waals surface area contributed by atoms with Crippen molar-refractivity contribution in [3.63, 3.8) is 0 Å². The van der Waals surface area contributed by atoms with Crippen LogP contribution in [0.3, 0.4) is 0 Å². The Morgan fingerprint density at radius 3 is 2.74 bits per heavy atom. The standard InChI is InChI=1S/C31H33N9O2/c1-2-42-31(41)38-17-12-21(13-18-38)35-25-9-6-20-19-22(7-8-23(20)25)40-29(24-5-3-14-33-28(24)32)36-26-10-11-27(37-30(26)40)39-16-4-15-34-39/h3-5,7-8,10-11,14-16,19,21,25,35H,2,6,9,12-13,17-18H2,1H3,(H2,32,33). The Morgan fingerprint density at radius 2 is 1.95 bits per heavy atom. The molecule has 5 heterocycles.